The van der Waals surface area contributed by atoms with Gasteiger partial charge in [-0.25, -0.2) is 0 Å². The molecule has 1 atom stereocenters. The molecule has 0 aromatic rings. The first-order valence-electron chi connectivity index (χ1n) is 4.25. The van der Waals surface area contributed by atoms with Crippen LogP contribution in [-0.4, -0.2) is 47.7 Å². The molecule has 0 radical (unpaired) electrons. The van der Waals surface area contributed by atoms with E-state index in [4.69, 9.17) is 5.11 Å². The van der Waals surface area contributed by atoms with Crippen LogP contribution in [0.25, 0.3) is 0 Å². The minimum Gasteiger partial charge on any atom is -0.465 e. The smallest absolute Gasteiger partial charge is 0.325 e. The van der Waals surface area contributed by atoms with E-state index >= 15 is 0 Å². The number of amides is 1. The van der Waals surface area contributed by atoms with Crippen molar-refractivity contribution in [1.82, 2.24) is 4.90 Å². The zero-order chi connectivity index (χ0) is 9.84. The van der Waals surface area contributed by atoms with Crippen LogP contribution in [-0.2, 0) is 14.3 Å². The third-order valence-corrected chi connectivity index (χ3v) is 1.82. The summed E-state index contributed by atoms with van der Waals surface area (Å²) in [5, 5.41) is 9.10. The second-order valence-corrected chi connectivity index (χ2v) is 2.94. The van der Waals surface area contributed by atoms with Crippen molar-refractivity contribution in [2.24, 2.45) is 0 Å². The molecule has 1 amide bonds. The molecule has 1 saturated heterocycles. The van der Waals surface area contributed by atoms with Crippen molar-refractivity contribution in [3.05, 3.63) is 0 Å². The Morgan fingerprint density at radius 1 is 1.77 bits per heavy atom. The van der Waals surface area contributed by atoms with Gasteiger partial charge in [-0.15, -0.1) is 0 Å². The minimum absolute atomic E-state index is 0.0519. The van der Waals surface area contributed by atoms with Gasteiger partial charge in [-0.1, -0.05) is 0 Å². The van der Waals surface area contributed by atoms with Crippen molar-refractivity contribution < 1.29 is 19.4 Å². The molecule has 1 heterocycles. The number of carbonyl (C=O) groups excluding carboxylic acids is 2. The molecule has 5 heteroatoms. The maximum atomic E-state index is 11.1. The van der Waals surface area contributed by atoms with Crippen LogP contribution in [0.5, 0.6) is 0 Å². The van der Waals surface area contributed by atoms with Crippen LogP contribution in [0.4, 0.5) is 0 Å². The van der Waals surface area contributed by atoms with E-state index in [0.717, 1.165) is 0 Å². The molecular formula is C8H13NO4. The Morgan fingerprint density at radius 2 is 2.46 bits per heavy atom. The van der Waals surface area contributed by atoms with Crippen molar-refractivity contribution in [3.8, 4) is 0 Å². The van der Waals surface area contributed by atoms with E-state index in [0.29, 0.717) is 6.61 Å². The molecule has 0 spiro atoms. The molecule has 0 bridgehead atoms. The number of hydrogen-bond donors (Lipinski definition) is 1. The van der Waals surface area contributed by atoms with E-state index in [9.17, 15) is 9.59 Å². The topological polar surface area (TPSA) is 66.8 Å². The summed E-state index contributed by atoms with van der Waals surface area (Å²) in [6.45, 7) is 2.20. The van der Waals surface area contributed by atoms with Gasteiger partial charge in [-0.2, -0.15) is 0 Å². The number of nitrogens with zero attached hydrogens (tertiary/aromatic N) is 1. The predicted octanol–water partition coefficient (Wildman–Crippen LogP) is -0.857. The van der Waals surface area contributed by atoms with Gasteiger partial charge in [0, 0.05) is 6.54 Å². The maximum Gasteiger partial charge on any atom is 0.325 e. The monoisotopic (exact) mass is 187 g/mol. The summed E-state index contributed by atoms with van der Waals surface area (Å²) in [7, 11) is 0. The zero-order valence-electron chi connectivity index (χ0n) is 7.52. The first-order chi connectivity index (χ1) is 6.13. The number of aliphatic hydroxyl groups is 1. The van der Waals surface area contributed by atoms with Crippen LogP contribution in [0.1, 0.15) is 13.3 Å². The van der Waals surface area contributed by atoms with Crippen LogP contribution in [0.2, 0.25) is 0 Å². The predicted molar refractivity (Wildman–Crippen MR) is 43.8 cm³/mol. The van der Waals surface area contributed by atoms with Crippen molar-refractivity contribution >= 4 is 11.9 Å². The number of hydrogen-bond acceptors (Lipinski definition) is 4. The van der Waals surface area contributed by atoms with Gasteiger partial charge in [0.05, 0.1) is 19.1 Å². The van der Waals surface area contributed by atoms with Crippen molar-refractivity contribution in [3.63, 3.8) is 0 Å². The summed E-state index contributed by atoms with van der Waals surface area (Å²) in [5.41, 5.74) is 0. The number of esters is 1. The molecule has 13 heavy (non-hydrogen) atoms. The van der Waals surface area contributed by atoms with E-state index in [1.165, 1.54) is 4.90 Å². The van der Waals surface area contributed by atoms with E-state index in [2.05, 4.69) is 4.74 Å². The first kappa shape index (κ1) is 9.98. The molecule has 1 aliphatic rings. The van der Waals surface area contributed by atoms with Gasteiger partial charge in [0.1, 0.15) is 6.54 Å². The lowest BCUT2D eigenvalue weighted by atomic mass is 10.3. The SMILES string of the molecule is CCOC(=O)CN1CC(O)CC1=O. The molecule has 1 N–H and O–H groups in total. The fraction of sp³-hybridized carbons (Fsp3) is 0.750. The number of ether oxygens (including phenoxy) is 1. The Balaban J connectivity index is 2.37. The highest BCUT2D eigenvalue weighted by molar-refractivity contribution is 5.84. The van der Waals surface area contributed by atoms with Gasteiger partial charge in [0.25, 0.3) is 0 Å². The van der Waals surface area contributed by atoms with Gasteiger partial charge >= 0.3 is 5.97 Å². The Hall–Kier alpha value is -1.10. The largest absolute Gasteiger partial charge is 0.465 e. The van der Waals surface area contributed by atoms with Crippen LogP contribution in [0.15, 0.2) is 0 Å². The quantitative estimate of drug-likeness (QED) is 0.584. The highest BCUT2D eigenvalue weighted by Crippen LogP contribution is 2.09. The van der Waals surface area contributed by atoms with Crippen molar-refractivity contribution in [2.45, 2.75) is 19.4 Å². The lowest BCUT2D eigenvalue weighted by molar-refractivity contribution is -0.147. The van der Waals surface area contributed by atoms with Gasteiger partial charge in [-0.05, 0) is 6.92 Å². The lowest BCUT2D eigenvalue weighted by Crippen LogP contribution is -2.32. The second kappa shape index (κ2) is 4.23. The molecule has 1 unspecified atom stereocenters. The Bertz CT molecular complexity index is 216. The van der Waals surface area contributed by atoms with Crippen molar-refractivity contribution in [2.75, 3.05) is 19.7 Å². The molecule has 1 aliphatic heterocycles. The van der Waals surface area contributed by atoms with Gasteiger partial charge < -0.3 is 14.7 Å². The summed E-state index contributed by atoms with van der Waals surface area (Å²) in [6.07, 6.45) is -0.527. The van der Waals surface area contributed by atoms with Crippen LogP contribution in [0, 0.1) is 0 Å². The normalized spacial score (nSPS) is 22.2. The summed E-state index contributed by atoms with van der Waals surface area (Å²) >= 11 is 0. The van der Waals surface area contributed by atoms with Gasteiger partial charge in [-0.3, -0.25) is 9.59 Å². The number of rotatable bonds is 3. The standard InChI is InChI=1S/C8H13NO4/c1-2-13-8(12)5-9-4-6(10)3-7(9)11/h6,10H,2-5H2,1H3. The molecule has 1 fully saturated rings. The van der Waals surface area contributed by atoms with Crippen LogP contribution < -0.4 is 0 Å². The Morgan fingerprint density at radius 3 is 2.92 bits per heavy atom. The van der Waals surface area contributed by atoms with Crippen molar-refractivity contribution in [1.29, 1.82) is 0 Å². The fourth-order valence-corrected chi connectivity index (χ4v) is 1.27. The van der Waals surface area contributed by atoms with E-state index in [1.807, 2.05) is 0 Å². The minimum atomic E-state index is -0.637. The Kier molecular flexibility index (Phi) is 3.25. The maximum absolute atomic E-state index is 11.1. The summed E-state index contributed by atoms with van der Waals surface area (Å²) in [5.74, 6) is -0.620. The summed E-state index contributed by atoms with van der Waals surface area (Å²) in [4.78, 5) is 23.3. The molecule has 0 aromatic heterocycles. The fourth-order valence-electron chi connectivity index (χ4n) is 1.27. The first-order valence-corrected chi connectivity index (χ1v) is 4.25. The van der Waals surface area contributed by atoms with Gasteiger partial charge in [0.2, 0.25) is 5.91 Å². The van der Waals surface area contributed by atoms with E-state index < -0.39 is 12.1 Å². The molecule has 0 aliphatic carbocycles. The number of aliphatic hydroxyl groups excluding tert-OH is 1. The second-order valence-electron chi connectivity index (χ2n) is 2.94. The molecule has 1 rings (SSSR count). The highest BCUT2D eigenvalue weighted by Gasteiger charge is 2.29. The Labute approximate surface area is 76.3 Å². The number of likely N-dealkylation sites (tertiary alicyclic amines) is 1. The van der Waals surface area contributed by atoms with Crippen LogP contribution >= 0.6 is 0 Å². The van der Waals surface area contributed by atoms with E-state index in [-0.39, 0.29) is 25.4 Å². The highest BCUT2D eigenvalue weighted by atomic mass is 16.5. The average molecular weight is 187 g/mol. The third kappa shape index (κ3) is 2.69. The van der Waals surface area contributed by atoms with Gasteiger partial charge in [0.15, 0.2) is 0 Å². The molecular weight excluding hydrogens is 174 g/mol. The zero-order valence-corrected chi connectivity index (χ0v) is 7.52. The molecule has 5 nitrogen and oxygen atoms in total. The number of β-amino-alcohol motifs (C(OH)–C–C–N with tert-alkyl or cyclic N) is 1. The molecule has 0 saturated carbocycles. The molecule has 0 aromatic carbocycles. The summed E-state index contributed by atoms with van der Waals surface area (Å²) in [6, 6.07) is 0. The van der Waals surface area contributed by atoms with Crippen LogP contribution in [0.3, 0.4) is 0 Å². The van der Waals surface area contributed by atoms with E-state index in [1.54, 1.807) is 6.92 Å². The average Bonchev–Trinajstić information content (AvgIpc) is 2.30. The summed E-state index contributed by atoms with van der Waals surface area (Å²) < 4.78 is 4.67. The molecule has 74 valence electrons. The number of carbonyl (C=O) groups is 2. The third-order valence-electron chi connectivity index (χ3n) is 1.82. The lowest BCUT2D eigenvalue weighted by Gasteiger charge is -2.13.